The van der Waals surface area contributed by atoms with Gasteiger partial charge in [-0.05, 0) is 19.3 Å². The van der Waals surface area contributed by atoms with Crippen molar-refractivity contribution in [3.05, 3.63) is 21.6 Å². The van der Waals surface area contributed by atoms with Crippen LogP contribution in [0.5, 0.6) is 0 Å². The first kappa shape index (κ1) is 14.4. The van der Waals surface area contributed by atoms with E-state index in [4.69, 9.17) is 11.6 Å². The van der Waals surface area contributed by atoms with Crippen LogP contribution < -0.4 is 10.9 Å². The Morgan fingerprint density at radius 1 is 1.42 bits per heavy atom. The molecule has 106 valence electrons. The van der Waals surface area contributed by atoms with Crippen molar-refractivity contribution in [1.29, 1.82) is 0 Å². The van der Waals surface area contributed by atoms with Gasteiger partial charge in [-0.3, -0.25) is 4.79 Å². The Balaban J connectivity index is 2.09. The highest BCUT2D eigenvalue weighted by molar-refractivity contribution is 6.32. The molecule has 1 aromatic rings. The molecule has 1 N–H and O–H groups in total. The van der Waals surface area contributed by atoms with Gasteiger partial charge in [0.2, 0.25) is 0 Å². The first-order valence-electron chi connectivity index (χ1n) is 7.24. The third-order valence-corrected chi connectivity index (χ3v) is 4.04. The predicted molar refractivity (Wildman–Crippen MR) is 78.9 cm³/mol. The summed E-state index contributed by atoms with van der Waals surface area (Å²) in [5.74, 6) is 0. The number of nitrogens with zero attached hydrogens (tertiary/aromatic N) is 2. The number of anilines is 1. The maximum atomic E-state index is 12.1. The van der Waals surface area contributed by atoms with Gasteiger partial charge < -0.3 is 5.32 Å². The summed E-state index contributed by atoms with van der Waals surface area (Å²) >= 11 is 6.16. The second-order valence-electron chi connectivity index (χ2n) is 5.23. The number of rotatable bonds is 5. The summed E-state index contributed by atoms with van der Waals surface area (Å²) in [5, 5.41) is 7.84. The highest BCUT2D eigenvalue weighted by atomic mass is 35.5. The summed E-state index contributed by atoms with van der Waals surface area (Å²) in [6.45, 7) is 2.73. The van der Waals surface area contributed by atoms with Crippen LogP contribution >= 0.6 is 11.6 Å². The van der Waals surface area contributed by atoms with Crippen LogP contribution in [0.3, 0.4) is 0 Å². The van der Waals surface area contributed by atoms with Gasteiger partial charge in [0, 0.05) is 12.6 Å². The predicted octanol–water partition coefficient (Wildman–Crippen LogP) is 3.44. The fourth-order valence-electron chi connectivity index (χ4n) is 2.50. The number of aryl methyl sites for hydroxylation is 1. The van der Waals surface area contributed by atoms with E-state index in [1.807, 2.05) is 0 Å². The molecule has 1 aliphatic carbocycles. The van der Waals surface area contributed by atoms with Crippen molar-refractivity contribution >= 4 is 17.3 Å². The number of unbranched alkanes of at least 4 members (excludes halogenated alkanes) is 1. The molecule has 1 saturated carbocycles. The molecule has 0 saturated heterocycles. The molecule has 1 aromatic heterocycles. The smallest absolute Gasteiger partial charge is 0.287 e. The lowest BCUT2D eigenvalue weighted by Gasteiger charge is -2.24. The van der Waals surface area contributed by atoms with Crippen molar-refractivity contribution in [2.24, 2.45) is 0 Å². The van der Waals surface area contributed by atoms with Gasteiger partial charge in [-0.25, -0.2) is 4.68 Å². The molecule has 2 rings (SSSR count). The zero-order valence-electron chi connectivity index (χ0n) is 11.5. The number of hydrogen-bond donors (Lipinski definition) is 1. The third kappa shape index (κ3) is 3.72. The molecule has 1 heterocycles. The third-order valence-electron chi connectivity index (χ3n) is 3.67. The van der Waals surface area contributed by atoms with Crippen molar-refractivity contribution in [2.75, 3.05) is 5.32 Å². The summed E-state index contributed by atoms with van der Waals surface area (Å²) in [5.41, 5.74) is 0.502. The SMILES string of the molecule is CCCCn1ncc(NC2CCCCC2)c(Cl)c1=O. The van der Waals surface area contributed by atoms with E-state index in [0.717, 1.165) is 25.7 Å². The highest BCUT2D eigenvalue weighted by Crippen LogP contribution is 2.23. The lowest BCUT2D eigenvalue weighted by atomic mass is 9.95. The maximum Gasteiger partial charge on any atom is 0.287 e. The molecule has 0 bridgehead atoms. The average Bonchev–Trinajstić information content (AvgIpc) is 2.44. The summed E-state index contributed by atoms with van der Waals surface area (Å²) in [6, 6.07) is 0.430. The van der Waals surface area contributed by atoms with E-state index in [-0.39, 0.29) is 10.6 Å². The van der Waals surface area contributed by atoms with E-state index in [1.54, 1.807) is 6.20 Å². The normalized spacial score (nSPS) is 16.5. The molecule has 19 heavy (non-hydrogen) atoms. The first-order valence-corrected chi connectivity index (χ1v) is 7.62. The fraction of sp³-hybridized carbons (Fsp3) is 0.714. The highest BCUT2D eigenvalue weighted by Gasteiger charge is 2.16. The second-order valence-corrected chi connectivity index (χ2v) is 5.61. The lowest BCUT2D eigenvalue weighted by molar-refractivity contribution is 0.462. The van der Waals surface area contributed by atoms with Crippen molar-refractivity contribution in [3.8, 4) is 0 Å². The Labute approximate surface area is 119 Å². The molecule has 0 spiro atoms. The van der Waals surface area contributed by atoms with Crippen molar-refractivity contribution in [3.63, 3.8) is 0 Å². The van der Waals surface area contributed by atoms with Crippen molar-refractivity contribution in [1.82, 2.24) is 9.78 Å². The van der Waals surface area contributed by atoms with Crippen molar-refractivity contribution < 1.29 is 0 Å². The van der Waals surface area contributed by atoms with Gasteiger partial charge in [-0.1, -0.05) is 44.2 Å². The Kier molecular flexibility index (Phi) is 5.25. The lowest BCUT2D eigenvalue weighted by Crippen LogP contribution is -2.27. The van der Waals surface area contributed by atoms with Crippen LogP contribution in [0, 0.1) is 0 Å². The number of halogens is 1. The molecule has 5 heteroatoms. The minimum Gasteiger partial charge on any atom is -0.380 e. The van der Waals surface area contributed by atoms with Crippen LogP contribution in [0.2, 0.25) is 5.02 Å². The van der Waals surface area contributed by atoms with Crippen LogP contribution in [0.4, 0.5) is 5.69 Å². The van der Waals surface area contributed by atoms with Crippen LogP contribution in [-0.4, -0.2) is 15.8 Å². The van der Waals surface area contributed by atoms with Gasteiger partial charge in [0.1, 0.15) is 5.02 Å². The van der Waals surface area contributed by atoms with Crippen LogP contribution in [-0.2, 0) is 6.54 Å². The zero-order chi connectivity index (χ0) is 13.7. The maximum absolute atomic E-state index is 12.1. The molecule has 0 aromatic carbocycles. The zero-order valence-corrected chi connectivity index (χ0v) is 12.2. The molecule has 0 unspecified atom stereocenters. The molecule has 4 nitrogen and oxygen atoms in total. The van der Waals surface area contributed by atoms with E-state index >= 15 is 0 Å². The summed E-state index contributed by atoms with van der Waals surface area (Å²) in [7, 11) is 0. The molecule has 1 fully saturated rings. The van der Waals surface area contributed by atoms with Crippen LogP contribution in [0.15, 0.2) is 11.0 Å². The van der Waals surface area contributed by atoms with Gasteiger partial charge in [-0.15, -0.1) is 0 Å². The summed E-state index contributed by atoms with van der Waals surface area (Å²) < 4.78 is 1.46. The van der Waals surface area contributed by atoms with Crippen LogP contribution in [0.1, 0.15) is 51.9 Å². The largest absolute Gasteiger partial charge is 0.380 e. The minimum absolute atomic E-state index is 0.184. The molecule has 0 amide bonds. The van der Waals surface area contributed by atoms with E-state index in [2.05, 4.69) is 17.3 Å². The van der Waals surface area contributed by atoms with Crippen LogP contribution in [0.25, 0.3) is 0 Å². The summed E-state index contributed by atoms with van der Waals surface area (Å²) in [6.07, 6.45) is 9.76. The Morgan fingerprint density at radius 3 is 2.84 bits per heavy atom. The molecular weight excluding hydrogens is 262 g/mol. The average molecular weight is 284 g/mol. The molecular formula is C14H22ClN3O. The minimum atomic E-state index is -0.184. The van der Waals surface area contributed by atoms with Gasteiger partial charge in [0.15, 0.2) is 0 Å². The van der Waals surface area contributed by atoms with Crippen molar-refractivity contribution in [2.45, 2.75) is 64.5 Å². The van der Waals surface area contributed by atoms with E-state index in [9.17, 15) is 4.79 Å². The quantitative estimate of drug-likeness (QED) is 0.900. The summed E-state index contributed by atoms with van der Waals surface area (Å²) in [4.78, 5) is 12.1. The van der Waals surface area contributed by atoms with Gasteiger partial charge in [-0.2, -0.15) is 5.10 Å². The monoisotopic (exact) mass is 283 g/mol. The fourth-order valence-corrected chi connectivity index (χ4v) is 2.70. The number of nitrogens with one attached hydrogen (secondary N) is 1. The topological polar surface area (TPSA) is 46.9 Å². The standard InChI is InChI=1S/C14H22ClN3O/c1-2-3-9-18-14(19)13(15)12(10-16-18)17-11-7-5-4-6-8-11/h10-11,17H,2-9H2,1H3. The first-order chi connectivity index (χ1) is 9.22. The Hall–Kier alpha value is -1.03. The van der Waals surface area contributed by atoms with E-state index in [1.165, 1.54) is 23.9 Å². The molecule has 0 aliphatic heterocycles. The van der Waals surface area contributed by atoms with E-state index < -0.39 is 0 Å². The van der Waals surface area contributed by atoms with Gasteiger partial charge >= 0.3 is 0 Å². The number of hydrogen-bond acceptors (Lipinski definition) is 3. The Morgan fingerprint density at radius 2 is 2.16 bits per heavy atom. The molecule has 0 radical (unpaired) electrons. The second kappa shape index (κ2) is 6.94. The van der Waals surface area contributed by atoms with E-state index in [0.29, 0.717) is 18.3 Å². The Bertz CT molecular complexity index is 466. The van der Waals surface area contributed by atoms with Gasteiger partial charge in [0.05, 0.1) is 11.9 Å². The van der Waals surface area contributed by atoms with Gasteiger partial charge in [0.25, 0.3) is 5.56 Å². The number of aromatic nitrogens is 2. The molecule has 0 atom stereocenters. The molecule has 1 aliphatic rings.